The highest BCUT2D eigenvalue weighted by atomic mass is 19.4. The molecule has 1 unspecified atom stereocenters. The van der Waals surface area contributed by atoms with Crippen LogP contribution in [-0.2, 0) is 4.79 Å². The Labute approximate surface area is 114 Å². The van der Waals surface area contributed by atoms with Crippen molar-refractivity contribution in [2.75, 3.05) is 18.4 Å². The van der Waals surface area contributed by atoms with Crippen LogP contribution in [0.4, 0.5) is 18.9 Å². The number of nitrogens with one attached hydrogen (secondary N) is 2. The molecule has 110 valence electrons. The molecule has 1 aromatic rings. The highest BCUT2D eigenvalue weighted by Crippen LogP contribution is 2.32. The molecule has 1 heterocycles. The van der Waals surface area contributed by atoms with Crippen molar-refractivity contribution >= 4 is 11.6 Å². The third-order valence-electron chi connectivity index (χ3n) is 3.28. The van der Waals surface area contributed by atoms with Gasteiger partial charge in [-0.25, -0.2) is 0 Å². The number of hydrogen-bond acceptors (Lipinski definition) is 3. The largest absolute Gasteiger partial charge is 0.573 e. The summed E-state index contributed by atoms with van der Waals surface area (Å²) in [6.07, 6.45) is -4.15. The van der Waals surface area contributed by atoms with Crippen LogP contribution in [0.2, 0.25) is 0 Å². The minimum atomic E-state index is -4.79. The van der Waals surface area contributed by atoms with Gasteiger partial charge in [0.05, 0.1) is 11.1 Å². The van der Waals surface area contributed by atoms with Gasteiger partial charge >= 0.3 is 6.36 Å². The molecule has 1 amide bonds. The molecule has 2 rings (SSSR count). The minimum absolute atomic E-state index is 0.0166. The molecule has 0 saturated carbocycles. The summed E-state index contributed by atoms with van der Waals surface area (Å²) in [5.74, 6) is -0.733. The summed E-state index contributed by atoms with van der Waals surface area (Å²) in [4.78, 5) is 12.2. The molecule has 20 heavy (non-hydrogen) atoms. The topological polar surface area (TPSA) is 50.4 Å². The van der Waals surface area contributed by atoms with Crippen LogP contribution in [0.1, 0.15) is 13.3 Å². The van der Waals surface area contributed by atoms with Crippen molar-refractivity contribution in [3.63, 3.8) is 0 Å². The normalized spacial score (nSPS) is 22.6. The Bertz CT molecular complexity index is 497. The number of rotatable bonds is 3. The zero-order valence-electron chi connectivity index (χ0n) is 10.9. The van der Waals surface area contributed by atoms with Gasteiger partial charge in [0.1, 0.15) is 0 Å². The Hall–Kier alpha value is -1.76. The molecule has 2 N–H and O–H groups in total. The zero-order chi connectivity index (χ0) is 14.8. The summed E-state index contributed by atoms with van der Waals surface area (Å²) in [5, 5.41) is 5.57. The molecule has 1 saturated heterocycles. The molecule has 1 aliphatic rings. The van der Waals surface area contributed by atoms with Gasteiger partial charge < -0.3 is 15.4 Å². The van der Waals surface area contributed by atoms with Crippen molar-refractivity contribution < 1.29 is 22.7 Å². The molecule has 0 radical (unpaired) electrons. The lowest BCUT2D eigenvalue weighted by Gasteiger charge is -2.22. The third-order valence-corrected chi connectivity index (χ3v) is 3.28. The highest BCUT2D eigenvalue weighted by molar-refractivity contribution is 5.96. The number of anilines is 1. The van der Waals surface area contributed by atoms with Gasteiger partial charge in [0.2, 0.25) is 5.91 Å². The van der Waals surface area contributed by atoms with Gasteiger partial charge in [-0.3, -0.25) is 4.79 Å². The molecule has 0 aromatic heterocycles. The molecular formula is C13H15F3N2O2. The maximum Gasteiger partial charge on any atom is 0.573 e. The van der Waals surface area contributed by atoms with Crippen molar-refractivity contribution in [2.45, 2.75) is 19.7 Å². The van der Waals surface area contributed by atoms with Gasteiger partial charge in [-0.2, -0.15) is 0 Å². The van der Waals surface area contributed by atoms with E-state index in [1.54, 1.807) is 6.92 Å². The van der Waals surface area contributed by atoms with E-state index < -0.39 is 17.5 Å². The van der Waals surface area contributed by atoms with E-state index >= 15 is 0 Å². The first-order chi connectivity index (χ1) is 9.30. The molecule has 1 aliphatic heterocycles. The van der Waals surface area contributed by atoms with E-state index in [9.17, 15) is 18.0 Å². The van der Waals surface area contributed by atoms with E-state index in [-0.39, 0.29) is 11.6 Å². The summed E-state index contributed by atoms with van der Waals surface area (Å²) in [7, 11) is 0. The number of carbonyl (C=O) groups excluding carboxylic acids is 1. The SMILES string of the molecule is CC1(C(=O)Nc2ccccc2OC(F)(F)F)CCNC1. The van der Waals surface area contributed by atoms with E-state index in [0.29, 0.717) is 19.5 Å². The number of carbonyl (C=O) groups is 1. The van der Waals surface area contributed by atoms with Gasteiger partial charge in [0, 0.05) is 6.54 Å². The van der Waals surface area contributed by atoms with E-state index in [4.69, 9.17) is 0 Å². The fourth-order valence-corrected chi connectivity index (χ4v) is 2.07. The first-order valence-electron chi connectivity index (χ1n) is 6.17. The maximum atomic E-state index is 12.3. The molecular weight excluding hydrogens is 273 g/mol. The summed E-state index contributed by atoms with van der Waals surface area (Å²) in [6, 6.07) is 5.49. The monoisotopic (exact) mass is 288 g/mol. The van der Waals surface area contributed by atoms with Crippen molar-refractivity contribution in [3.05, 3.63) is 24.3 Å². The predicted octanol–water partition coefficient (Wildman–Crippen LogP) is 2.52. The number of amides is 1. The van der Waals surface area contributed by atoms with Crippen LogP contribution in [0.25, 0.3) is 0 Å². The highest BCUT2D eigenvalue weighted by Gasteiger charge is 2.37. The lowest BCUT2D eigenvalue weighted by molar-refractivity contribution is -0.274. The second-order valence-electron chi connectivity index (χ2n) is 4.99. The molecule has 1 atom stereocenters. The van der Waals surface area contributed by atoms with Crippen molar-refractivity contribution in [1.82, 2.24) is 5.32 Å². The molecule has 7 heteroatoms. The Morgan fingerprint density at radius 2 is 2.10 bits per heavy atom. The predicted molar refractivity (Wildman–Crippen MR) is 67.3 cm³/mol. The maximum absolute atomic E-state index is 12.3. The number of hydrogen-bond donors (Lipinski definition) is 2. The third kappa shape index (κ3) is 3.41. The summed E-state index contributed by atoms with van der Waals surface area (Å²) < 4.78 is 40.8. The molecule has 4 nitrogen and oxygen atoms in total. The lowest BCUT2D eigenvalue weighted by atomic mass is 9.88. The van der Waals surface area contributed by atoms with Gasteiger partial charge in [-0.15, -0.1) is 13.2 Å². The van der Waals surface area contributed by atoms with E-state index in [0.717, 1.165) is 0 Å². The van der Waals surface area contributed by atoms with Crippen LogP contribution in [-0.4, -0.2) is 25.4 Å². The second-order valence-corrected chi connectivity index (χ2v) is 4.99. The number of alkyl halides is 3. The molecule has 0 bridgehead atoms. The second kappa shape index (κ2) is 5.32. The van der Waals surface area contributed by atoms with Crippen molar-refractivity contribution in [2.24, 2.45) is 5.41 Å². The average molecular weight is 288 g/mol. The lowest BCUT2D eigenvalue weighted by Crippen LogP contribution is -2.35. The van der Waals surface area contributed by atoms with E-state index in [2.05, 4.69) is 15.4 Å². The first kappa shape index (κ1) is 14.6. The Morgan fingerprint density at radius 3 is 2.70 bits per heavy atom. The molecule has 0 spiro atoms. The first-order valence-corrected chi connectivity index (χ1v) is 6.17. The quantitative estimate of drug-likeness (QED) is 0.898. The summed E-state index contributed by atoms with van der Waals surface area (Å²) in [5.41, 5.74) is -0.603. The number of ether oxygens (including phenoxy) is 1. The number of benzene rings is 1. The summed E-state index contributed by atoms with van der Waals surface area (Å²) >= 11 is 0. The minimum Gasteiger partial charge on any atom is -0.404 e. The molecule has 1 aromatic carbocycles. The van der Waals surface area contributed by atoms with E-state index in [1.165, 1.54) is 24.3 Å². The summed E-state index contributed by atoms with van der Waals surface area (Å²) in [6.45, 7) is 2.99. The fraction of sp³-hybridized carbons (Fsp3) is 0.462. The zero-order valence-corrected chi connectivity index (χ0v) is 10.9. The Kier molecular flexibility index (Phi) is 3.89. The Morgan fingerprint density at radius 1 is 1.40 bits per heavy atom. The van der Waals surface area contributed by atoms with Gasteiger partial charge in [0.25, 0.3) is 0 Å². The van der Waals surface area contributed by atoms with Crippen LogP contribution in [0.3, 0.4) is 0 Å². The number of halogens is 3. The average Bonchev–Trinajstić information content (AvgIpc) is 2.78. The van der Waals surface area contributed by atoms with Crippen LogP contribution < -0.4 is 15.4 Å². The van der Waals surface area contributed by atoms with E-state index in [1.807, 2.05) is 0 Å². The fourth-order valence-electron chi connectivity index (χ4n) is 2.07. The van der Waals surface area contributed by atoms with Crippen LogP contribution in [0.15, 0.2) is 24.3 Å². The van der Waals surface area contributed by atoms with Crippen molar-refractivity contribution in [1.29, 1.82) is 0 Å². The van der Waals surface area contributed by atoms with Crippen LogP contribution in [0, 0.1) is 5.41 Å². The molecule has 1 fully saturated rings. The smallest absolute Gasteiger partial charge is 0.404 e. The molecule has 0 aliphatic carbocycles. The standard InChI is InChI=1S/C13H15F3N2O2/c1-12(6-7-17-8-12)11(19)18-9-4-2-3-5-10(9)20-13(14,15)16/h2-5,17H,6-8H2,1H3,(H,18,19). The Balaban J connectivity index is 2.15. The van der Waals surface area contributed by atoms with Crippen molar-refractivity contribution in [3.8, 4) is 5.75 Å². The van der Waals surface area contributed by atoms with Gasteiger partial charge in [0.15, 0.2) is 5.75 Å². The van der Waals surface area contributed by atoms with Crippen LogP contribution in [0.5, 0.6) is 5.75 Å². The number of para-hydroxylation sites is 2. The van der Waals surface area contributed by atoms with Gasteiger partial charge in [-0.1, -0.05) is 12.1 Å². The van der Waals surface area contributed by atoms with Gasteiger partial charge in [-0.05, 0) is 32.0 Å². The van der Waals surface area contributed by atoms with Crippen LogP contribution >= 0.6 is 0 Å².